The summed E-state index contributed by atoms with van der Waals surface area (Å²) in [5.41, 5.74) is 2.99. The van der Waals surface area contributed by atoms with E-state index < -0.39 is 0 Å². The molecule has 3 heteroatoms. The Hall–Kier alpha value is -1.35. The first kappa shape index (κ1) is 14.6. The molecule has 2 N–H and O–H groups in total. The van der Waals surface area contributed by atoms with Crippen molar-refractivity contribution in [2.24, 2.45) is 5.41 Å². The molecule has 21 heavy (non-hydrogen) atoms. The summed E-state index contributed by atoms with van der Waals surface area (Å²) in [6.07, 6.45) is 7.16. The Morgan fingerprint density at radius 2 is 2.00 bits per heavy atom. The van der Waals surface area contributed by atoms with Gasteiger partial charge < -0.3 is 10.6 Å². The summed E-state index contributed by atoms with van der Waals surface area (Å²) in [5, 5.41) is 6.58. The first-order valence-corrected chi connectivity index (χ1v) is 8.30. The zero-order valence-electron chi connectivity index (χ0n) is 13.0. The van der Waals surface area contributed by atoms with E-state index in [0.29, 0.717) is 5.41 Å². The Balaban J connectivity index is 1.57. The number of amides is 1. The van der Waals surface area contributed by atoms with Crippen LogP contribution in [0.15, 0.2) is 24.3 Å². The standard InChI is InChI=1S/C18H26N2O/c1-2-18(9-5-6-10-18)13-20-17(21)16-11-14-7-3-4-8-15(14)12-19-16/h3-4,7-8,16,19H,2,5-6,9-13H2,1H3,(H,20,21). The van der Waals surface area contributed by atoms with Crippen molar-refractivity contribution in [3.63, 3.8) is 0 Å². The predicted molar refractivity (Wildman–Crippen MR) is 85.0 cm³/mol. The van der Waals surface area contributed by atoms with E-state index in [0.717, 1.165) is 19.5 Å². The predicted octanol–water partition coefficient (Wildman–Crippen LogP) is 2.79. The highest BCUT2D eigenvalue weighted by atomic mass is 16.2. The second-order valence-electron chi connectivity index (χ2n) is 6.68. The maximum atomic E-state index is 12.4. The van der Waals surface area contributed by atoms with E-state index in [1.807, 2.05) is 0 Å². The van der Waals surface area contributed by atoms with E-state index in [1.165, 1.54) is 43.2 Å². The molecule has 1 aliphatic carbocycles. The van der Waals surface area contributed by atoms with Crippen molar-refractivity contribution >= 4 is 5.91 Å². The molecule has 3 nitrogen and oxygen atoms in total. The molecule has 0 radical (unpaired) electrons. The Kier molecular flexibility index (Phi) is 4.29. The minimum Gasteiger partial charge on any atom is -0.354 e. The molecule has 1 unspecified atom stereocenters. The minimum atomic E-state index is -0.0739. The monoisotopic (exact) mass is 286 g/mol. The molecule has 0 saturated heterocycles. The summed E-state index contributed by atoms with van der Waals surface area (Å²) in [7, 11) is 0. The van der Waals surface area contributed by atoms with E-state index in [4.69, 9.17) is 0 Å². The number of fused-ring (bicyclic) bond motifs is 1. The van der Waals surface area contributed by atoms with Gasteiger partial charge in [0.05, 0.1) is 6.04 Å². The number of hydrogen-bond acceptors (Lipinski definition) is 2. The van der Waals surface area contributed by atoms with Crippen LogP contribution >= 0.6 is 0 Å². The van der Waals surface area contributed by atoms with E-state index in [2.05, 4.69) is 41.8 Å². The van der Waals surface area contributed by atoms with Crippen LogP contribution in [0.25, 0.3) is 0 Å². The molecule has 114 valence electrons. The third-order valence-corrected chi connectivity index (χ3v) is 5.45. The van der Waals surface area contributed by atoms with Crippen LogP contribution in [0.3, 0.4) is 0 Å². The maximum absolute atomic E-state index is 12.4. The van der Waals surface area contributed by atoms with E-state index in [9.17, 15) is 4.79 Å². The summed E-state index contributed by atoms with van der Waals surface area (Å²) in [6, 6.07) is 8.33. The van der Waals surface area contributed by atoms with Crippen molar-refractivity contribution in [2.45, 2.75) is 58.0 Å². The van der Waals surface area contributed by atoms with Gasteiger partial charge >= 0.3 is 0 Å². The second-order valence-corrected chi connectivity index (χ2v) is 6.68. The molecule has 1 amide bonds. The number of carbonyl (C=O) groups excluding carboxylic acids is 1. The third-order valence-electron chi connectivity index (χ3n) is 5.45. The number of benzene rings is 1. The molecular formula is C18H26N2O. The van der Waals surface area contributed by atoms with E-state index in [-0.39, 0.29) is 11.9 Å². The quantitative estimate of drug-likeness (QED) is 0.893. The molecule has 2 aliphatic rings. The molecule has 0 aromatic heterocycles. The van der Waals surface area contributed by atoms with Gasteiger partial charge in [-0.1, -0.05) is 44.0 Å². The van der Waals surface area contributed by atoms with Gasteiger partial charge in [-0.25, -0.2) is 0 Å². The van der Waals surface area contributed by atoms with Gasteiger partial charge in [-0.15, -0.1) is 0 Å². The second kappa shape index (κ2) is 6.18. The zero-order valence-corrected chi connectivity index (χ0v) is 13.0. The van der Waals surface area contributed by atoms with Crippen LogP contribution in [0.4, 0.5) is 0 Å². The lowest BCUT2D eigenvalue weighted by molar-refractivity contribution is -0.123. The topological polar surface area (TPSA) is 41.1 Å². The van der Waals surface area contributed by atoms with Gasteiger partial charge in [-0.2, -0.15) is 0 Å². The maximum Gasteiger partial charge on any atom is 0.237 e. The molecule has 1 heterocycles. The number of nitrogens with one attached hydrogen (secondary N) is 2. The van der Waals surface area contributed by atoms with Crippen molar-refractivity contribution in [1.29, 1.82) is 0 Å². The van der Waals surface area contributed by atoms with Crippen molar-refractivity contribution < 1.29 is 4.79 Å². The number of hydrogen-bond donors (Lipinski definition) is 2. The van der Waals surface area contributed by atoms with Crippen molar-refractivity contribution in [3.05, 3.63) is 35.4 Å². The molecule has 0 spiro atoms. The summed E-state index contributed by atoms with van der Waals surface area (Å²) < 4.78 is 0. The van der Waals surface area contributed by atoms with Gasteiger partial charge in [-0.3, -0.25) is 4.79 Å². The van der Waals surface area contributed by atoms with Crippen LogP contribution in [0.2, 0.25) is 0 Å². The molecule has 3 rings (SSSR count). The summed E-state index contributed by atoms with van der Waals surface area (Å²) in [5.74, 6) is 0.171. The highest BCUT2D eigenvalue weighted by Crippen LogP contribution is 2.40. The lowest BCUT2D eigenvalue weighted by Crippen LogP contribution is -2.49. The van der Waals surface area contributed by atoms with Crippen LogP contribution < -0.4 is 10.6 Å². The van der Waals surface area contributed by atoms with E-state index in [1.54, 1.807) is 0 Å². The van der Waals surface area contributed by atoms with Gasteiger partial charge in [-0.05, 0) is 42.2 Å². The van der Waals surface area contributed by atoms with Crippen molar-refractivity contribution in [3.8, 4) is 0 Å². The average Bonchev–Trinajstić information content (AvgIpc) is 3.01. The Labute approximate surface area is 127 Å². The lowest BCUT2D eigenvalue weighted by atomic mass is 9.83. The Morgan fingerprint density at radius 1 is 1.29 bits per heavy atom. The molecular weight excluding hydrogens is 260 g/mol. The van der Waals surface area contributed by atoms with Crippen LogP contribution in [0.5, 0.6) is 0 Å². The fourth-order valence-corrected chi connectivity index (χ4v) is 3.82. The van der Waals surface area contributed by atoms with Gasteiger partial charge in [0, 0.05) is 13.1 Å². The molecule has 1 fully saturated rings. The molecule has 1 aromatic carbocycles. The van der Waals surface area contributed by atoms with Crippen LogP contribution in [-0.4, -0.2) is 18.5 Å². The summed E-state index contributed by atoms with van der Waals surface area (Å²) in [4.78, 5) is 12.4. The number of carbonyl (C=O) groups is 1. The molecule has 1 aromatic rings. The molecule has 1 aliphatic heterocycles. The van der Waals surface area contributed by atoms with Gasteiger partial charge in [0.25, 0.3) is 0 Å². The zero-order chi connectivity index (χ0) is 14.7. The highest BCUT2D eigenvalue weighted by Gasteiger charge is 2.33. The Bertz CT molecular complexity index is 506. The summed E-state index contributed by atoms with van der Waals surface area (Å²) >= 11 is 0. The molecule has 1 saturated carbocycles. The van der Waals surface area contributed by atoms with Gasteiger partial charge in [0.1, 0.15) is 0 Å². The lowest BCUT2D eigenvalue weighted by Gasteiger charge is -2.30. The normalized spacial score (nSPS) is 23.6. The van der Waals surface area contributed by atoms with Crippen molar-refractivity contribution in [1.82, 2.24) is 10.6 Å². The average molecular weight is 286 g/mol. The number of rotatable bonds is 4. The minimum absolute atomic E-state index is 0.0739. The first-order valence-electron chi connectivity index (χ1n) is 8.30. The van der Waals surface area contributed by atoms with Crippen molar-refractivity contribution in [2.75, 3.05) is 6.54 Å². The smallest absolute Gasteiger partial charge is 0.237 e. The SMILES string of the molecule is CCC1(CNC(=O)C2Cc3ccccc3CN2)CCCC1. The van der Waals surface area contributed by atoms with Gasteiger partial charge in [0.2, 0.25) is 5.91 Å². The first-order chi connectivity index (χ1) is 10.2. The fourth-order valence-electron chi connectivity index (χ4n) is 3.82. The highest BCUT2D eigenvalue weighted by molar-refractivity contribution is 5.82. The third kappa shape index (κ3) is 3.13. The van der Waals surface area contributed by atoms with Crippen LogP contribution in [-0.2, 0) is 17.8 Å². The Morgan fingerprint density at radius 3 is 2.71 bits per heavy atom. The van der Waals surface area contributed by atoms with E-state index >= 15 is 0 Å². The molecule has 0 bridgehead atoms. The summed E-state index contributed by atoms with van der Waals surface area (Å²) in [6.45, 7) is 3.90. The van der Waals surface area contributed by atoms with Crippen LogP contribution in [0, 0.1) is 5.41 Å². The van der Waals surface area contributed by atoms with Crippen LogP contribution in [0.1, 0.15) is 50.2 Å². The molecule has 1 atom stereocenters. The van der Waals surface area contributed by atoms with Gasteiger partial charge in [0.15, 0.2) is 0 Å². The largest absolute Gasteiger partial charge is 0.354 e. The fraction of sp³-hybridized carbons (Fsp3) is 0.611.